The van der Waals surface area contributed by atoms with Gasteiger partial charge in [0.1, 0.15) is 5.82 Å². The predicted molar refractivity (Wildman–Crippen MR) is 70.3 cm³/mol. The van der Waals surface area contributed by atoms with Crippen molar-refractivity contribution in [2.24, 2.45) is 7.05 Å². The fourth-order valence-corrected chi connectivity index (χ4v) is 2.06. The number of rotatable bonds is 2. The number of benzene rings is 1. The molecule has 5 heteroatoms. The van der Waals surface area contributed by atoms with E-state index in [9.17, 15) is 4.39 Å². The van der Waals surface area contributed by atoms with Crippen molar-refractivity contribution in [3.63, 3.8) is 0 Å². The number of hydrogen-bond acceptors (Lipinski definition) is 2. The summed E-state index contributed by atoms with van der Waals surface area (Å²) in [6.07, 6.45) is 1.93. The lowest BCUT2D eigenvalue weighted by molar-refractivity contribution is 0.627. The largest absolute Gasteiger partial charge is 0.325 e. The number of aryl methyl sites for hydroxylation is 2. The van der Waals surface area contributed by atoms with Crippen LogP contribution < -0.4 is 5.32 Å². The summed E-state index contributed by atoms with van der Waals surface area (Å²) in [7, 11) is 1.92. The fraction of sp³-hybridized carbons (Fsp3) is 0.182. The van der Waals surface area contributed by atoms with Crippen molar-refractivity contribution in [3.8, 4) is 0 Å². The smallest absolute Gasteiger partial charge is 0.207 e. The summed E-state index contributed by atoms with van der Waals surface area (Å²) in [6.45, 7) is 1.93. The van der Waals surface area contributed by atoms with Crippen LogP contribution in [-0.4, -0.2) is 9.55 Å². The van der Waals surface area contributed by atoms with E-state index >= 15 is 0 Å². The van der Waals surface area contributed by atoms with Crippen LogP contribution in [0, 0.1) is 16.3 Å². The second-order valence-electron chi connectivity index (χ2n) is 3.57. The quantitative estimate of drug-likeness (QED) is 0.857. The third kappa shape index (κ3) is 2.34. The highest BCUT2D eigenvalue weighted by Gasteiger charge is 2.05. The molecule has 1 aromatic heterocycles. The van der Waals surface area contributed by atoms with Crippen molar-refractivity contribution in [1.29, 1.82) is 0 Å². The molecule has 0 aliphatic heterocycles. The summed E-state index contributed by atoms with van der Waals surface area (Å²) in [5.41, 5.74) is 1.80. The van der Waals surface area contributed by atoms with Gasteiger partial charge in [-0.3, -0.25) is 0 Å². The minimum atomic E-state index is -0.231. The lowest BCUT2D eigenvalue weighted by Gasteiger charge is -2.07. The van der Waals surface area contributed by atoms with Crippen molar-refractivity contribution >= 4 is 34.2 Å². The Bertz CT molecular complexity index is 522. The van der Waals surface area contributed by atoms with Crippen LogP contribution in [0.3, 0.4) is 0 Å². The average molecular weight is 331 g/mol. The third-order valence-electron chi connectivity index (χ3n) is 2.17. The van der Waals surface area contributed by atoms with Crippen LogP contribution in [0.4, 0.5) is 16.0 Å². The van der Waals surface area contributed by atoms with Gasteiger partial charge in [0, 0.05) is 16.8 Å². The van der Waals surface area contributed by atoms with E-state index in [-0.39, 0.29) is 5.82 Å². The lowest BCUT2D eigenvalue weighted by atomic mass is 10.3. The number of nitrogens with zero attached hydrogens (tertiary/aromatic N) is 2. The monoisotopic (exact) mass is 331 g/mol. The molecule has 0 bridgehead atoms. The Morgan fingerprint density at radius 3 is 2.75 bits per heavy atom. The number of aromatic nitrogens is 2. The molecule has 2 rings (SSSR count). The van der Waals surface area contributed by atoms with Crippen LogP contribution >= 0.6 is 22.6 Å². The van der Waals surface area contributed by atoms with Crippen LogP contribution in [0.5, 0.6) is 0 Å². The van der Waals surface area contributed by atoms with Gasteiger partial charge in [0.2, 0.25) is 5.95 Å². The Balaban J connectivity index is 2.30. The highest BCUT2D eigenvalue weighted by atomic mass is 127. The summed E-state index contributed by atoms with van der Waals surface area (Å²) in [6, 6.07) is 4.63. The number of imidazole rings is 1. The van der Waals surface area contributed by atoms with Gasteiger partial charge in [0.15, 0.2) is 0 Å². The topological polar surface area (TPSA) is 29.9 Å². The van der Waals surface area contributed by atoms with E-state index in [1.165, 1.54) is 12.1 Å². The highest BCUT2D eigenvalue weighted by molar-refractivity contribution is 14.1. The van der Waals surface area contributed by atoms with E-state index in [1.807, 2.05) is 24.7 Å². The fourth-order valence-electron chi connectivity index (χ4n) is 1.44. The van der Waals surface area contributed by atoms with Crippen molar-refractivity contribution < 1.29 is 4.39 Å². The SMILES string of the molecule is Cc1cn(C)c(Nc2ccc(F)cc2I)n1. The molecular weight excluding hydrogens is 320 g/mol. The molecule has 84 valence electrons. The number of nitrogens with one attached hydrogen (secondary N) is 1. The molecule has 0 atom stereocenters. The van der Waals surface area contributed by atoms with Crippen LogP contribution in [0.15, 0.2) is 24.4 Å². The van der Waals surface area contributed by atoms with E-state index in [1.54, 1.807) is 6.07 Å². The van der Waals surface area contributed by atoms with Gasteiger partial charge in [-0.2, -0.15) is 0 Å². The first-order valence-electron chi connectivity index (χ1n) is 4.78. The van der Waals surface area contributed by atoms with Gasteiger partial charge in [-0.1, -0.05) is 0 Å². The molecule has 0 saturated heterocycles. The summed E-state index contributed by atoms with van der Waals surface area (Å²) < 4.78 is 15.6. The first kappa shape index (κ1) is 11.4. The zero-order chi connectivity index (χ0) is 11.7. The Labute approximate surface area is 107 Å². The zero-order valence-electron chi connectivity index (χ0n) is 8.96. The molecule has 2 aromatic rings. The van der Waals surface area contributed by atoms with Gasteiger partial charge in [0.05, 0.1) is 11.4 Å². The van der Waals surface area contributed by atoms with Gasteiger partial charge in [-0.25, -0.2) is 9.37 Å². The molecule has 1 aromatic carbocycles. The van der Waals surface area contributed by atoms with Crippen LogP contribution in [-0.2, 0) is 7.05 Å². The molecule has 0 amide bonds. The number of anilines is 2. The molecule has 0 fully saturated rings. The maximum atomic E-state index is 12.9. The molecule has 0 unspecified atom stereocenters. The summed E-state index contributed by atoms with van der Waals surface area (Å²) in [5.74, 6) is 0.521. The van der Waals surface area contributed by atoms with Crippen LogP contribution in [0.25, 0.3) is 0 Å². The Morgan fingerprint density at radius 2 is 2.19 bits per heavy atom. The van der Waals surface area contributed by atoms with Gasteiger partial charge < -0.3 is 9.88 Å². The van der Waals surface area contributed by atoms with Gasteiger partial charge in [-0.05, 0) is 47.7 Å². The summed E-state index contributed by atoms with van der Waals surface area (Å²) in [4.78, 5) is 4.32. The minimum absolute atomic E-state index is 0.231. The maximum Gasteiger partial charge on any atom is 0.207 e. The molecule has 1 N–H and O–H groups in total. The normalized spacial score (nSPS) is 10.5. The molecule has 0 aliphatic rings. The molecular formula is C11H11FIN3. The van der Waals surface area contributed by atoms with Crippen LogP contribution in [0.2, 0.25) is 0 Å². The second kappa shape index (κ2) is 4.40. The highest BCUT2D eigenvalue weighted by Crippen LogP contribution is 2.22. The Hall–Kier alpha value is -1.11. The lowest BCUT2D eigenvalue weighted by Crippen LogP contribution is -2.00. The standard InChI is InChI=1S/C11H11FIN3/c1-7-6-16(2)11(14-7)15-10-4-3-8(12)5-9(10)13/h3-6H,1-2H3,(H,14,15). The number of halogens is 2. The Kier molecular flexibility index (Phi) is 3.13. The zero-order valence-corrected chi connectivity index (χ0v) is 11.1. The van der Waals surface area contributed by atoms with E-state index in [0.717, 1.165) is 20.9 Å². The van der Waals surface area contributed by atoms with Gasteiger partial charge in [-0.15, -0.1) is 0 Å². The maximum absolute atomic E-state index is 12.9. The van der Waals surface area contributed by atoms with Crippen molar-refractivity contribution in [1.82, 2.24) is 9.55 Å². The van der Waals surface area contributed by atoms with E-state index in [4.69, 9.17) is 0 Å². The third-order valence-corrected chi connectivity index (χ3v) is 3.07. The van der Waals surface area contributed by atoms with Crippen molar-refractivity contribution in [3.05, 3.63) is 39.5 Å². The predicted octanol–water partition coefficient (Wildman–Crippen LogP) is 3.22. The van der Waals surface area contributed by atoms with Crippen LogP contribution in [0.1, 0.15) is 5.69 Å². The molecule has 0 radical (unpaired) electrons. The molecule has 0 saturated carbocycles. The van der Waals surface area contributed by atoms with E-state index < -0.39 is 0 Å². The second-order valence-corrected chi connectivity index (χ2v) is 4.73. The minimum Gasteiger partial charge on any atom is -0.325 e. The average Bonchev–Trinajstić information content (AvgIpc) is 2.50. The van der Waals surface area contributed by atoms with Gasteiger partial charge >= 0.3 is 0 Å². The van der Waals surface area contributed by atoms with Crippen molar-refractivity contribution in [2.45, 2.75) is 6.92 Å². The molecule has 3 nitrogen and oxygen atoms in total. The van der Waals surface area contributed by atoms with Gasteiger partial charge in [0.25, 0.3) is 0 Å². The summed E-state index contributed by atoms with van der Waals surface area (Å²) in [5, 5.41) is 3.17. The number of hydrogen-bond donors (Lipinski definition) is 1. The molecule has 16 heavy (non-hydrogen) atoms. The molecule has 0 spiro atoms. The summed E-state index contributed by atoms with van der Waals surface area (Å²) >= 11 is 2.09. The first-order valence-corrected chi connectivity index (χ1v) is 5.86. The molecule has 1 heterocycles. The van der Waals surface area contributed by atoms with E-state index in [2.05, 4.69) is 32.9 Å². The molecule has 0 aliphatic carbocycles. The van der Waals surface area contributed by atoms with Crippen molar-refractivity contribution in [2.75, 3.05) is 5.32 Å². The van der Waals surface area contributed by atoms with E-state index in [0.29, 0.717) is 0 Å². The first-order chi connectivity index (χ1) is 7.56. The Morgan fingerprint density at radius 1 is 1.44 bits per heavy atom.